The van der Waals surface area contributed by atoms with Crippen LogP contribution in [-0.4, -0.2) is 54.6 Å². The molecular formula is C13H23N3O3. The molecule has 2 amide bonds. The van der Waals surface area contributed by atoms with Crippen LogP contribution in [0.3, 0.4) is 0 Å². The Balaban J connectivity index is 1.97. The number of hydrogen-bond donors (Lipinski definition) is 2. The monoisotopic (exact) mass is 269 g/mol. The standard InChI is InChI=1S/C13H23N3O3/c1-2-3-10(14)13(18)16-6-7-19-8-11(16)12(17)15-9-4-5-9/h9-11H,2-8,14H2,1H3,(H,15,17)/t10-,11?/m0/s1. The molecule has 2 aliphatic rings. The zero-order valence-corrected chi connectivity index (χ0v) is 11.4. The minimum atomic E-state index is -0.523. The van der Waals surface area contributed by atoms with Crippen molar-refractivity contribution < 1.29 is 14.3 Å². The number of ether oxygens (including phenoxy) is 1. The largest absolute Gasteiger partial charge is 0.377 e. The molecule has 0 aromatic rings. The summed E-state index contributed by atoms with van der Waals surface area (Å²) in [6.45, 7) is 3.17. The maximum atomic E-state index is 12.3. The van der Waals surface area contributed by atoms with Crippen molar-refractivity contribution in [3.63, 3.8) is 0 Å². The molecule has 108 valence electrons. The average Bonchev–Trinajstić information content (AvgIpc) is 3.22. The van der Waals surface area contributed by atoms with Gasteiger partial charge in [-0.2, -0.15) is 0 Å². The SMILES string of the molecule is CCC[C@H](N)C(=O)N1CCOCC1C(=O)NC1CC1. The van der Waals surface area contributed by atoms with Crippen LogP contribution in [0.15, 0.2) is 0 Å². The van der Waals surface area contributed by atoms with Gasteiger partial charge >= 0.3 is 0 Å². The summed E-state index contributed by atoms with van der Waals surface area (Å²) in [6, 6.07) is -0.750. The van der Waals surface area contributed by atoms with Crippen LogP contribution in [0.5, 0.6) is 0 Å². The van der Waals surface area contributed by atoms with Crippen molar-refractivity contribution in [3.8, 4) is 0 Å². The van der Waals surface area contributed by atoms with Crippen LogP contribution in [0.25, 0.3) is 0 Å². The summed E-state index contributed by atoms with van der Waals surface area (Å²) in [5.41, 5.74) is 5.87. The number of nitrogens with two attached hydrogens (primary N) is 1. The van der Waals surface area contributed by atoms with Gasteiger partial charge in [0.2, 0.25) is 11.8 Å². The molecule has 1 heterocycles. The molecule has 6 heteroatoms. The lowest BCUT2D eigenvalue weighted by Gasteiger charge is -2.36. The van der Waals surface area contributed by atoms with Crippen LogP contribution >= 0.6 is 0 Å². The molecule has 1 saturated heterocycles. The summed E-state index contributed by atoms with van der Waals surface area (Å²) >= 11 is 0. The van der Waals surface area contributed by atoms with Crippen LogP contribution < -0.4 is 11.1 Å². The number of nitrogens with one attached hydrogen (secondary N) is 1. The molecule has 0 radical (unpaired) electrons. The molecule has 0 aromatic heterocycles. The van der Waals surface area contributed by atoms with E-state index in [0.717, 1.165) is 19.3 Å². The molecule has 1 unspecified atom stereocenters. The van der Waals surface area contributed by atoms with Gasteiger partial charge in [0, 0.05) is 12.6 Å². The molecule has 1 aliphatic heterocycles. The molecule has 0 bridgehead atoms. The normalized spacial score (nSPS) is 24.9. The van der Waals surface area contributed by atoms with Crippen LogP contribution in [0, 0.1) is 0 Å². The van der Waals surface area contributed by atoms with E-state index >= 15 is 0 Å². The highest BCUT2D eigenvalue weighted by molar-refractivity contribution is 5.90. The maximum Gasteiger partial charge on any atom is 0.245 e. The maximum absolute atomic E-state index is 12.3. The fraction of sp³-hybridized carbons (Fsp3) is 0.846. The van der Waals surface area contributed by atoms with Gasteiger partial charge in [-0.1, -0.05) is 13.3 Å². The van der Waals surface area contributed by atoms with Gasteiger partial charge in [0.15, 0.2) is 0 Å². The third-order valence-corrected chi connectivity index (χ3v) is 3.55. The fourth-order valence-corrected chi connectivity index (χ4v) is 2.26. The van der Waals surface area contributed by atoms with Gasteiger partial charge in [0.1, 0.15) is 6.04 Å². The molecule has 1 aliphatic carbocycles. The Morgan fingerprint density at radius 3 is 2.84 bits per heavy atom. The van der Waals surface area contributed by atoms with Crippen molar-refractivity contribution in [2.45, 2.75) is 50.7 Å². The summed E-state index contributed by atoms with van der Waals surface area (Å²) in [5, 5.41) is 2.93. The second kappa shape index (κ2) is 6.34. The highest BCUT2D eigenvalue weighted by atomic mass is 16.5. The predicted octanol–water partition coefficient (Wildman–Crippen LogP) is -0.380. The Hall–Kier alpha value is -1.14. The number of amides is 2. The van der Waals surface area contributed by atoms with E-state index in [-0.39, 0.29) is 24.5 Å². The Labute approximate surface area is 113 Å². The van der Waals surface area contributed by atoms with E-state index in [1.165, 1.54) is 0 Å². The van der Waals surface area contributed by atoms with Crippen molar-refractivity contribution in [2.24, 2.45) is 5.73 Å². The zero-order valence-electron chi connectivity index (χ0n) is 11.4. The van der Waals surface area contributed by atoms with Crippen molar-refractivity contribution in [1.29, 1.82) is 0 Å². The first-order valence-electron chi connectivity index (χ1n) is 7.07. The lowest BCUT2D eigenvalue weighted by atomic mass is 10.1. The number of carbonyl (C=O) groups excluding carboxylic acids is 2. The molecule has 2 fully saturated rings. The Kier molecular flexibility index (Phi) is 4.76. The van der Waals surface area contributed by atoms with Crippen LogP contribution in [0.1, 0.15) is 32.6 Å². The molecule has 2 rings (SSSR count). The highest BCUT2D eigenvalue weighted by Gasteiger charge is 2.36. The van der Waals surface area contributed by atoms with E-state index in [1.807, 2.05) is 6.92 Å². The molecule has 0 aromatic carbocycles. The molecule has 6 nitrogen and oxygen atoms in total. The number of morpholine rings is 1. The Bertz CT molecular complexity index is 344. The minimum absolute atomic E-state index is 0.112. The molecule has 3 N–H and O–H groups in total. The quantitative estimate of drug-likeness (QED) is 0.712. The first-order chi connectivity index (χ1) is 9.13. The summed E-state index contributed by atoms with van der Waals surface area (Å²) in [7, 11) is 0. The first-order valence-corrected chi connectivity index (χ1v) is 7.07. The first kappa shape index (κ1) is 14.3. The van der Waals surface area contributed by atoms with Crippen molar-refractivity contribution in [3.05, 3.63) is 0 Å². The van der Waals surface area contributed by atoms with Crippen LogP contribution in [0.4, 0.5) is 0 Å². The van der Waals surface area contributed by atoms with Gasteiger partial charge in [-0.05, 0) is 19.3 Å². The molecule has 19 heavy (non-hydrogen) atoms. The van der Waals surface area contributed by atoms with Crippen molar-refractivity contribution in [1.82, 2.24) is 10.2 Å². The van der Waals surface area contributed by atoms with Crippen LogP contribution in [0.2, 0.25) is 0 Å². The van der Waals surface area contributed by atoms with E-state index in [0.29, 0.717) is 19.6 Å². The second-order valence-electron chi connectivity index (χ2n) is 5.30. The van der Waals surface area contributed by atoms with Crippen molar-refractivity contribution in [2.75, 3.05) is 19.8 Å². The fourth-order valence-electron chi connectivity index (χ4n) is 2.26. The summed E-state index contributed by atoms with van der Waals surface area (Å²) in [6.07, 6.45) is 3.56. The number of hydrogen-bond acceptors (Lipinski definition) is 4. The zero-order chi connectivity index (χ0) is 13.8. The van der Waals surface area contributed by atoms with E-state index < -0.39 is 12.1 Å². The van der Waals surface area contributed by atoms with Gasteiger partial charge < -0.3 is 20.7 Å². The average molecular weight is 269 g/mol. The number of nitrogens with zero attached hydrogens (tertiary/aromatic N) is 1. The van der Waals surface area contributed by atoms with Gasteiger partial charge in [0.25, 0.3) is 0 Å². The molecule has 1 saturated carbocycles. The van der Waals surface area contributed by atoms with Crippen molar-refractivity contribution >= 4 is 11.8 Å². The van der Waals surface area contributed by atoms with E-state index in [2.05, 4.69) is 5.32 Å². The lowest BCUT2D eigenvalue weighted by Crippen LogP contribution is -2.59. The number of carbonyl (C=O) groups is 2. The number of rotatable bonds is 5. The Morgan fingerprint density at radius 2 is 2.21 bits per heavy atom. The lowest BCUT2D eigenvalue weighted by molar-refractivity contribution is -0.149. The summed E-state index contributed by atoms with van der Waals surface area (Å²) < 4.78 is 5.33. The van der Waals surface area contributed by atoms with Gasteiger partial charge in [-0.25, -0.2) is 0 Å². The third kappa shape index (κ3) is 3.67. The van der Waals surface area contributed by atoms with E-state index in [1.54, 1.807) is 4.90 Å². The predicted molar refractivity (Wildman–Crippen MR) is 70.4 cm³/mol. The Morgan fingerprint density at radius 1 is 1.47 bits per heavy atom. The highest BCUT2D eigenvalue weighted by Crippen LogP contribution is 2.20. The topological polar surface area (TPSA) is 84.7 Å². The summed E-state index contributed by atoms with van der Waals surface area (Å²) in [4.78, 5) is 26.0. The molecule has 0 spiro atoms. The smallest absolute Gasteiger partial charge is 0.245 e. The van der Waals surface area contributed by atoms with Gasteiger partial charge in [0.05, 0.1) is 19.3 Å². The van der Waals surface area contributed by atoms with Gasteiger partial charge in [-0.15, -0.1) is 0 Å². The van der Waals surface area contributed by atoms with Gasteiger partial charge in [-0.3, -0.25) is 9.59 Å². The third-order valence-electron chi connectivity index (χ3n) is 3.55. The van der Waals surface area contributed by atoms with E-state index in [9.17, 15) is 9.59 Å². The second-order valence-corrected chi connectivity index (χ2v) is 5.30. The summed E-state index contributed by atoms with van der Waals surface area (Å²) in [5.74, 6) is -0.250. The molecular weight excluding hydrogens is 246 g/mol. The molecule has 2 atom stereocenters. The minimum Gasteiger partial charge on any atom is -0.377 e. The van der Waals surface area contributed by atoms with Crippen LogP contribution in [-0.2, 0) is 14.3 Å². The van der Waals surface area contributed by atoms with E-state index in [4.69, 9.17) is 10.5 Å².